The van der Waals surface area contributed by atoms with Gasteiger partial charge in [0.05, 0.1) is 0 Å². The molecule has 0 aromatic carbocycles. The molecule has 0 aromatic rings. The minimum Gasteiger partial charge on any atom is -0.481 e. The molecule has 0 aromatic heterocycles. The Morgan fingerprint density at radius 3 is 2.41 bits per heavy atom. The third-order valence-corrected chi connectivity index (χ3v) is 4.24. The van der Waals surface area contributed by atoms with Gasteiger partial charge in [-0.1, -0.05) is 27.4 Å². The van der Waals surface area contributed by atoms with Crippen LogP contribution in [0, 0.1) is 10.8 Å². The molecule has 1 unspecified atom stereocenters. The number of halogens is 2. The van der Waals surface area contributed by atoms with Gasteiger partial charge in [0, 0.05) is 19.5 Å². The van der Waals surface area contributed by atoms with Crippen LogP contribution in [0.4, 0.5) is 8.78 Å². The van der Waals surface area contributed by atoms with Crippen LogP contribution in [0.25, 0.3) is 0 Å². The van der Waals surface area contributed by atoms with Crippen LogP contribution in [0.3, 0.4) is 0 Å². The van der Waals surface area contributed by atoms with Gasteiger partial charge in [-0.3, -0.25) is 9.59 Å². The number of allylic oxidation sites excluding steroid dienone is 1. The van der Waals surface area contributed by atoms with E-state index in [1.165, 1.54) is 4.90 Å². The van der Waals surface area contributed by atoms with Crippen molar-refractivity contribution >= 4 is 11.9 Å². The quantitative estimate of drug-likeness (QED) is 0.791. The molecule has 22 heavy (non-hydrogen) atoms. The monoisotopic (exact) mass is 317 g/mol. The highest BCUT2D eigenvalue weighted by molar-refractivity contribution is 5.80. The van der Waals surface area contributed by atoms with Crippen molar-refractivity contribution in [2.45, 2.75) is 52.4 Å². The van der Waals surface area contributed by atoms with E-state index in [1.54, 1.807) is 0 Å². The van der Waals surface area contributed by atoms with E-state index in [1.807, 2.05) is 20.8 Å². The van der Waals surface area contributed by atoms with E-state index >= 15 is 0 Å². The van der Waals surface area contributed by atoms with Gasteiger partial charge in [-0.25, -0.2) is 8.78 Å². The van der Waals surface area contributed by atoms with Crippen molar-refractivity contribution in [3.05, 3.63) is 12.7 Å². The summed E-state index contributed by atoms with van der Waals surface area (Å²) in [5.41, 5.74) is -2.31. The second-order valence-electron chi connectivity index (χ2n) is 7.19. The predicted octanol–water partition coefficient (Wildman–Crippen LogP) is 3.33. The zero-order chi connectivity index (χ0) is 17.2. The molecule has 1 N–H and O–H groups in total. The summed E-state index contributed by atoms with van der Waals surface area (Å²) >= 11 is 0. The van der Waals surface area contributed by atoms with Crippen molar-refractivity contribution in [2.24, 2.45) is 10.8 Å². The van der Waals surface area contributed by atoms with Crippen LogP contribution >= 0.6 is 0 Å². The third-order valence-electron chi connectivity index (χ3n) is 4.24. The summed E-state index contributed by atoms with van der Waals surface area (Å²) < 4.78 is 28.2. The lowest BCUT2D eigenvalue weighted by Gasteiger charge is -2.43. The van der Waals surface area contributed by atoms with E-state index in [9.17, 15) is 23.5 Å². The molecule has 0 bridgehead atoms. The molecule has 0 spiro atoms. The minimum absolute atomic E-state index is 0.0413. The molecular weight excluding hydrogens is 292 g/mol. The molecule has 1 fully saturated rings. The molecule has 0 aliphatic carbocycles. The van der Waals surface area contributed by atoms with E-state index in [0.29, 0.717) is 19.0 Å². The number of alkyl halides is 2. The van der Waals surface area contributed by atoms with Crippen LogP contribution in [0.1, 0.15) is 46.5 Å². The number of aliphatic carboxylic acids is 1. The van der Waals surface area contributed by atoms with Gasteiger partial charge in [0.1, 0.15) is 0 Å². The Bertz CT molecular complexity index is 457. The number of amides is 1. The molecule has 0 radical (unpaired) electrons. The zero-order valence-corrected chi connectivity index (χ0v) is 13.5. The first-order chi connectivity index (χ1) is 9.95. The number of nitrogens with zero attached hydrogens (tertiary/aromatic N) is 1. The largest absolute Gasteiger partial charge is 0.481 e. The molecular formula is C16H25F2NO3. The summed E-state index contributed by atoms with van der Waals surface area (Å²) in [5.74, 6) is -5.40. The first-order valence-electron chi connectivity index (χ1n) is 7.48. The fourth-order valence-electron chi connectivity index (χ4n) is 2.69. The third kappa shape index (κ3) is 3.84. The van der Waals surface area contributed by atoms with Crippen LogP contribution in [0.15, 0.2) is 12.7 Å². The second kappa shape index (κ2) is 6.34. The van der Waals surface area contributed by atoms with Gasteiger partial charge < -0.3 is 10.0 Å². The first kappa shape index (κ1) is 18.6. The highest BCUT2D eigenvalue weighted by atomic mass is 19.3. The number of hydrogen-bond donors (Lipinski definition) is 1. The van der Waals surface area contributed by atoms with Crippen LogP contribution in [-0.2, 0) is 9.59 Å². The van der Waals surface area contributed by atoms with Crippen molar-refractivity contribution in [1.29, 1.82) is 0 Å². The first-order valence-corrected chi connectivity index (χ1v) is 7.48. The van der Waals surface area contributed by atoms with Crippen molar-refractivity contribution < 1.29 is 23.5 Å². The van der Waals surface area contributed by atoms with Crippen LogP contribution < -0.4 is 0 Å². The maximum atomic E-state index is 14.1. The van der Waals surface area contributed by atoms with E-state index in [0.717, 1.165) is 0 Å². The summed E-state index contributed by atoms with van der Waals surface area (Å²) in [6, 6.07) is 0. The van der Waals surface area contributed by atoms with Crippen molar-refractivity contribution in [3.8, 4) is 0 Å². The highest BCUT2D eigenvalue weighted by Crippen LogP contribution is 2.45. The molecule has 1 aliphatic heterocycles. The van der Waals surface area contributed by atoms with Gasteiger partial charge in [0.25, 0.3) is 5.92 Å². The summed E-state index contributed by atoms with van der Waals surface area (Å²) in [5, 5.41) is 9.35. The van der Waals surface area contributed by atoms with Crippen LogP contribution in [0.2, 0.25) is 0 Å². The standard InChI is InChI=1S/C16H25F2NO3/c1-5-16(17,18)15(13(21)22)8-6-10-19(11-15)12(20)7-9-14(2,3)4/h5H,1,6-11H2,2-4H3,(H,21,22). The number of rotatable bonds is 5. The maximum absolute atomic E-state index is 14.1. The Morgan fingerprint density at radius 2 is 1.95 bits per heavy atom. The number of hydrogen-bond acceptors (Lipinski definition) is 2. The number of piperidine rings is 1. The molecule has 6 heteroatoms. The van der Waals surface area contributed by atoms with Crippen molar-refractivity contribution in [2.75, 3.05) is 13.1 Å². The number of likely N-dealkylation sites (tertiary alicyclic amines) is 1. The molecule has 1 atom stereocenters. The fourth-order valence-corrected chi connectivity index (χ4v) is 2.69. The predicted molar refractivity (Wildman–Crippen MR) is 79.7 cm³/mol. The highest BCUT2D eigenvalue weighted by Gasteiger charge is 2.59. The molecule has 1 heterocycles. The van der Waals surface area contributed by atoms with Gasteiger partial charge in [-0.15, -0.1) is 0 Å². The summed E-state index contributed by atoms with van der Waals surface area (Å²) in [6.07, 6.45) is 1.32. The number of carbonyl (C=O) groups excluding carboxylic acids is 1. The lowest BCUT2D eigenvalue weighted by atomic mass is 9.74. The van der Waals surface area contributed by atoms with Gasteiger partial charge >= 0.3 is 5.97 Å². The molecule has 1 rings (SSSR count). The number of carboxylic acid groups (broad SMARTS) is 1. The Morgan fingerprint density at radius 1 is 1.36 bits per heavy atom. The van der Waals surface area contributed by atoms with Gasteiger partial charge in [0.2, 0.25) is 5.91 Å². The molecule has 1 aliphatic rings. The number of carbonyl (C=O) groups is 2. The van der Waals surface area contributed by atoms with E-state index in [2.05, 4.69) is 6.58 Å². The molecule has 1 amide bonds. The van der Waals surface area contributed by atoms with Crippen molar-refractivity contribution in [3.63, 3.8) is 0 Å². The van der Waals surface area contributed by atoms with Gasteiger partial charge in [-0.05, 0) is 30.8 Å². The molecule has 1 saturated heterocycles. The lowest BCUT2D eigenvalue weighted by molar-refractivity contribution is -0.180. The number of carboxylic acids is 1. The molecule has 126 valence electrons. The summed E-state index contributed by atoms with van der Waals surface area (Å²) in [6.45, 7) is 8.88. The van der Waals surface area contributed by atoms with E-state index in [-0.39, 0.29) is 30.6 Å². The summed E-state index contributed by atoms with van der Waals surface area (Å²) in [7, 11) is 0. The Labute approximate surface area is 130 Å². The summed E-state index contributed by atoms with van der Waals surface area (Å²) in [4.78, 5) is 25.0. The van der Waals surface area contributed by atoms with Crippen LogP contribution in [0.5, 0.6) is 0 Å². The van der Waals surface area contributed by atoms with Crippen molar-refractivity contribution in [1.82, 2.24) is 4.90 Å². The maximum Gasteiger partial charge on any atom is 0.318 e. The van der Waals surface area contributed by atoms with E-state index < -0.39 is 23.9 Å². The Hall–Kier alpha value is -1.46. The smallest absolute Gasteiger partial charge is 0.318 e. The van der Waals surface area contributed by atoms with E-state index in [4.69, 9.17) is 0 Å². The Balaban J connectivity index is 2.92. The second-order valence-corrected chi connectivity index (χ2v) is 7.19. The average molecular weight is 317 g/mol. The SMILES string of the molecule is C=CC(F)(F)C1(C(=O)O)CCCN(C(=O)CCC(C)(C)C)C1. The van der Waals surface area contributed by atoms with Gasteiger partial charge in [0.15, 0.2) is 5.41 Å². The zero-order valence-electron chi connectivity index (χ0n) is 13.5. The Kier molecular flexibility index (Phi) is 5.36. The molecule has 0 saturated carbocycles. The lowest BCUT2D eigenvalue weighted by Crippen LogP contribution is -2.58. The molecule has 4 nitrogen and oxygen atoms in total. The fraction of sp³-hybridized carbons (Fsp3) is 0.750. The average Bonchev–Trinajstić information content (AvgIpc) is 2.43. The normalized spacial score (nSPS) is 23.2. The van der Waals surface area contributed by atoms with Crippen LogP contribution in [-0.4, -0.2) is 40.9 Å². The van der Waals surface area contributed by atoms with Gasteiger partial charge in [-0.2, -0.15) is 0 Å². The topological polar surface area (TPSA) is 57.6 Å². The minimum atomic E-state index is -3.55.